The molecular weight excluding hydrogens is 382 g/mol. The molecule has 2 aromatic carbocycles. The van der Waals surface area contributed by atoms with Gasteiger partial charge in [0.15, 0.2) is 0 Å². The standard InChI is InChI=1S/C21H18F2N2O4/c22-16-6-7-18(19(23)10-16)21(13-25-9-8-24-14-25)28-12-17(29-21)11-27-20(26)15-4-2-1-3-5-15/h1-10,14,17H,11-13H2/t17-,21-/m1/s1. The molecule has 6 nitrogen and oxygen atoms in total. The first-order chi connectivity index (χ1) is 14.1. The second-order valence-corrected chi connectivity index (χ2v) is 6.63. The smallest absolute Gasteiger partial charge is 0.338 e. The number of ether oxygens (including phenoxy) is 3. The predicted octanol–water partition coefficient (Wildman–Crippen LogP) is 3.29. The Morgan fingerprint density at radius 1 is 1.24 bits per heavy atom. The number of carbonyl (C=O) groups excluding carboxylic acids is 1. The van der Waals surface area contributed by atoms with Crippen LogP contribution in [-0.2, 0) is 26.5 Å². The molecule has 4 rings (SSSR count). The van der Waals surface area contributed by atoms with E-state index in [0.29, 0.717) is 5.56 Å². The van der Waals surface area contributed by atoms with E-state index in [0.717, 1.165) is 12.1 Å². The van der Waals surface area contributed by atoms with Gasteiger partial charge in [0.1, 0.15) is 24.3 Å². The fourth-order valence-corrected chi connectivity index (χ4v) is 3.20. The van der Waals surface area contributed by atoms with E-state index >= 15 is 0 Å². The zero-order valence-corrected chi connectivity index (χ0v) is 15.3. The van der Waals surface area contributed by atoms with Gasteiger partial charge in [-0.2, -0.15) is 0 Å². The first-order valence-electron chi connectivity index (χ1n) is 9.01. The Kier molecular flexibility index (Phi) is 5.37. The van der Waals surface area contributed by atoms with Crippen molar-refractivity contribution in [3.8, 4) is 0 Å². The van der Waals surface area contributed by atoms with Crippen molar-refractivity contribution in [2.75, 3.05) is 13.2 Å². The number of benzene rings is 2. The third kappa shape index (κ3) is 4.18. The van der Waals surface area contributed by atoms with E-state index in [1.165, 1.54) is 6.07 Å². The molecule has 0 aliphatic carbocycles. The van der Waals surface area contributed by atoms with Crippen molar-refractivity contribution in [3.05, 3.63) is 90.0 Å². The molecule has 1 saturated heterocycles. The van der Waals surface area contributed by atoms with Gasteiger partial charge in [-0.25, -0.2) is 18.6 Å². The highest BCUT2D eigenvalue weighted by Crippen LogP contribution is 2.37. The zero-order valence-electron chi connectivity index (χ0n) is 15.3. The van der Waals surface area contributed by atoms with Gasteiger partial charge >= 0.3 is 5.97 Å². The maximum absolute atomic E-state index is 14.5. The van der Waals surface area contributed by atoms with Crippen molar-refractivity contribution >= 4 is 5.97 Å². The molecule has 1 aromatic heterocycles. The second-order valence-electron chi connectivity index (χ2n) is 6.63. The second kappa shape index (κ2) is 8.10. The number of aromatic nitrogens is 2. The summed E-state index contributed by atoms with van der Waals surface area (Å²) < 4.78 is 46.7. The molecule has 0 unspecified atom stereocenters. The third-order valence-electron chi connectivity index (χ3n) is 4.56. The van der Waals surface area contributed by atoms with Crippen LogP contribution < -0.4 is 0 Å². The van der Waals surface area contributed by atoms with Crippen LogP contribution in [0.5, 0.6) is 0 Å². The fourth-order valence-electron chi connectivity index (χ4n) is 3.20. The quantitative estimate of drug-likeness (QED) is 0.595. The first kappa shape index (κ1) is 19.2. The molecule has 29 heavy (non-hydrogen) atoms. The molecule has 1 aliphatic rings. The Morgan fingerprint density at radius 3 is 2.79 bits per heavy atom. The summed E-state index contributed by atoms with van der Waals surface area (Å²) in [5.41, 5.74) is 0.477. The highest BCUT2D eigenvalue weighted by Gasteiger charge is 2.46. The van der Waals surface area contributed by atoms with Crippen LogP contribution in [0.3, 0.4) is 0 Å². The van der Waals surface area contributed by atoms with E-state index in [1.54, 1.807) is 53.6 Å². The van der Waals surface area contributed by atoms with Crippen molar-refractivity contribution in [1.82, 2.24) is 9.55 Å². The Bertz CT molecular complexity index is 982. The van der Waals surface area contributed by atoms with Crippen molar-refractivity contribution < 1.29 is 27.8 Å². The number of nitrogens with zero attached hydrogens (tertiary/aromatic N) is 2. The molecule has 0 spiro atoms. The molecule has 0 saturated carbocycles. The lowest BCUT2D eigenvalue weighted by Crippen LogP contribution is -2.35. The maximum Gasteiger partial charge on any atom is 0.338 e. The van der Waals surface area contributed by atoms with Gasteiger partial charge in [-0.05, 0) is 24.3 Å². The summed E-state index contributed by atoms with van der Waals surface area (Å²) in [5.74, 6) is -3.47. The number of halogens is 2. The minimum Gasteiger partial charge on any atom is -0.459 e. The average Bonchev–Trinajstić information content (AvgIpc) is 3.37. The summed E-state index contributed by atoms with van der Waals surface area (Å²) in [6.45, 7) is 0.106. The zero-order chi connectivity index (χ0) is 20.3. The summed E-state index contributed by atoms with van der Waals surface area (Å²) in [6, 6.07) is 11.8. The lowest BCUT2D eigenvalue weighted by Gasteiger charge is -2.29. The van der Waals surface area contributed by atoms with Crippen LogP contribution in [0.1, 0.15) is 15.9 Å². The van der Waals surface area contributed by atoms with Gasteiger partial charge in [-0.3, -0.25) is 0 Å². The number of imidazole rings is 1. The van der Waals surface area contributed by atoms with Crippen LogP contribution in [0.2, 0.25) is 0 Å². The molecule has 3 aromatic rings. The molecule has 1 fully saturated rings. The predicted molar refractivity (Wildman–Crippen MR) is 97.8 cm³/mol. The van der Waals surface area contributed by atoms with E-state index in [2.05, 4.69) is 4.98 Å². The minimum absolute atomic E-state index is 0.0597. The number of hydrogen-bond donors (Lipinski definition) is 0. The van der Waals surface area contributed by atoms with Crippen LogP contribution in [0.4, 0.5) is 8.78 Å². The normalized spacial score (nSPS) is 21.2. The molecule has 8 heteroatoms. The topological polar surface area (TPSA) is 62.6 Å². The minimum atomic E-state index is -1.50. The molecule has 0 bridgehead atoms. The molecule has 150 valence electrons. The lowest BCUT2D eigenvalue weighted by molar-refractivity contribution is -0.191. The van der Waals surface area contributed by atoms with Crippen molar-refractivity contribution in [1.29, 1.82) is 0 Å². The van der Waals surface area contributed by atoms with Crippen LogP contribution >= 0.6 is 0 Å². The Balaban J connectivity index is 1.51. The first-order valence-corrected chi connectivity index (χ1v) is 9.01. The van der Waals surface area contributed by atoms with Crippen LogP contribution in [0, 0.1) is 11.6 Å². The molecule has 0 amide bonds. The third-order valence-corrected chi connectivity index (χ3v) is 4.56. The van der Waals surface area contributed by atoms with Gasteiger partial charge in [0, 0.05) is 24.0 Å². The highest BCUT2D eigenvalue weighted by atomic mass is 19.1. The summed E-state index contributed by atoms with van der Waals surface area (Å²) >= 11 is 0. The van der Waals surface area contributed by atoms with E-state index in [-0.39, 0.29) is 25.3 Å². The Hall–Kier alpha value is -3.10. The highest BCUT2D eigenvalue weighted by molar-refractivity contribution is 5.89. The largest absolute Gasteiger partial charge is 0.459 e. The average molecular weight is 400 g/mol. The lowest BCUT2D eigenvalue weighted by atomic mass is 10.0. The summed E-state index contributed by atoms with van der Waals surface area (Å²) in [6.07, 6.45) is 4.18. The summed E-state index contributed by atoms with van der Waals surface area (Å²) in [5, 5.41) is 0. The number of rotatable bonds is 6. The number of esters is 1. The van der Waals surface area contributed by atoms with E-state index < -0.39 is 29.5 Å². The summed E-state index contributed by atoms with van der Waals surface area (Å²) in [7, 11) is 0. The van der Waals surface area contributed by atoms with E-state index in [4.69, 9.17) is 14.2 Å². The summed E-state index contributed by atoms with van der Waals surface area (Å²) in [4.78, 5) is 16.1. The molecule has 2 heterocycles. The van der Waals surface area contributed by atoms with Gasteiger partial charge in [-0.1, -0.05) is 18.2 Å². The van der Waals surface area contributed by atoms with Gasteiger partial charge in [0.25, 0.3) is 0 Å². The van der Waals surface area contributed by atoms with Crippen molar-refractivity contribution in [2.24, 2.45) is 0 Å². The van der Waals surface area contributed by atoms with Gasteiger partial charge in [-0.15, -0.1) is 0 Å². The number of hydrogen-bond acceptors (Lipinski definition) is 5. The van der Waals surface area contributed by atoms with E-state index in [1.807, 2.05) is 0 Å². The van der Waals surface area contributed by atoms with Crippen LogP contribution in [0.15, 0.2) is 67.3 Å². The number of carbonyl (C=O) groups is 1. The monoisotopic (exact) mass is 400 g/mol. The SMILES string of the molecule is O=C(OC[C@@H]1CO[C@@](Cn2ccnc2)(c2ccc(F)cc2F)O1)c1ccccc1. The van der Waals surface area contributed by atoms with Crippen LogP contribution in [0.25, 0.3) is 0 Å². The molecular formula is C21H18F2N2O4. The van der Waals surface area contributed by atoms with Gasteiger partial charge in [0.2, 0.25) is 5.79 Å². The van der Waals surface area contributed by atoms with Gasteiger partial charge < -0.3 is 18.8 Å². The van der Waals surface area contributed by atoms with Crippen molar-refractivity contribution in [2.45, 2.75) is 18.4 Å². The Morgan fingerprint density at radius 2 is 2.07 bits per heavy atom. The molecule has 1 aliphatic heterocycles. The maximum atomic E-state index is 14.5. The van der Waals surface area contributed by atoms with E-state index in [9.17, 15) is 13.6 Å². The van der Waals surface area contributed by atoms with Crippen LogP contribution in [-0.4, -0.2) is 34.8 Å². The molecule has 0 N–H and O–H groups in total. The van der Waals surface area contributed by atoms with Gasteiger partial charge in [0.05, 0.1) is 25.0 Å². The van der Waals surface area contributed by atoms with Crippen molar-refractivity contribution in [3.63, 3.8) is 0 Å². The Labute approximate surface area is 165 Å². The molecule has 0 radical (unpaired) electrons. The molecule has 2 atom stereocenters. The fraction of sp³-hybridized carbons (Fsp3) is 0.238.